The Bertz CT molecular complexity index is 1010. The van der Waals surface area contributed by atoms with Crippen LogP contribution in [0.4, 0.5) is 0 Å². The van der Waals surface area contributed by atoms with E-state index in [1.54, 1.807) is 29.8 Å². The minimum atomic E-state index is -0.851. The van der Waals surface area contributed by atoms with E-state index in [1.165, 1.54) is 0 Å². The SMILES string of the molecule is Cn1c(C(=O)NNC(=O)C2COc3ccccc3O2)c(Br)c2ccccc21. The second-order valence-electron chi connectivity index (χ2n) is 6.05. The summed E-state index contributed by atoms with van der Waals surface area (Å²) >= 11 is 3.47. The fourth-order valence-corrected chi connectivity index (χ4v) is 3.79. The van der Waals surface area contributed by atoms with Crippen LogP contribution in [0.25, 0.3) is 10.9 Å². The Balaban J connectivity index is 1.45. The molecule has 3 aromatic rings. The molecule has 0 spiro atoms. The number of hydrogen-bond acceptors (Lipinski definition) is 4. The third kappa shape index (κ3) is 3.12. The first-order valence-corrected chi connectivity index (χ1v) is 9.07. The van der Waals surface area contributed by atoms with Gasteiger partial charge in [0.2, 0.25) is 6.10 Å². The van der Waals surface area contributed by atoms with E-state index in [2.05, 4.69) is 26.8 Å². The lowest BCUT2D eigenvalue weighted by atomic mass is 10.2. The van der Waals surface area contributed by atoms with Crippen LogP contribution in [-0.2, 0) is 11.8 Å². The van der Waals surface area contributed by atoms with Crippen molar-refractivity contribution in [2.45, 2.75) is 6.10 Å². The molecule has 2 amide bonds. The number of hydrazine groups is 1. The molecule has 1 aromatic heterocycles. The molecule has 1 atom stereocenters. The minimum absolute atomic E-state index is 0.0659. The van der Waals surface area contributed by atoms with E-state index in [0.29, 0.717) is 21.7 Å². The summed E-state index contributed by atoms with van der Waals surface area (Å²) in [6.45, 7) is 0.0659. The molecule has 2 N–H and O–H groups in total. The van der Waals surface area contributed by atoms with Crippen molar-refractivity contribution in [1.82, 2.24) is 15.4 Å². The molecule has 0 saturated carbocycles. The Kier molecular flexibility index (Phi) is 4.49. The summed E-state index contributed by atoms with van der Waals surface area (Å²) in [7, 11) is 1.79. The molecule has 138 valence electrons. The van der Waals surface area contributed by atoms with Crippen molar-refractivity contribution in [3.63, 3.8) is 0 Å². The standard InChI is InChI=1S/C19H16BrN3O4/c1-23-12-7-3-2-6-11(12)16(20)17(23)19(25)22-21-18(24)15-10-26-13-8-4-5-9-14(13)27-15/h2-9,15H,10H2,1H3,(H,21,24)(H,22,25). The second-order valence-corrected chi connectivity index (χ2v) is 6.84. The number of aryl methyl sites for hydroxylation is 1. The molecular weight excluding hydrogens is 414 g/mol. The lowest BCUT2D eigenvalue weighted by Crippen LogP contribution is -2.51. The lowest BCUT2D eigenvalue weighted by molar-refractivity contribution is -0.131. The van der Waals surface area contributed by atoms with Gasteiger partial charge in [0.1, 0.15) is 12.3 Å². The van der Waals surface area contributed by atoms with Crippen molar-refractivity contribution in [3.8, 4) is 11.5 Å². The van der Waals surface area contributed by atoms with E-state index in [1.807, 2.05) is 30.3 Å². The van der Waals surface area contributed by atoms with Crippen LogP contribution in [0.1, 0.15) is 10.5 Å². The third-order valence-corrected chi connectivity index (χ3v) is 5.16. The van der Waals surface area contributed by atoms with Gasteiger partial charge in [0.05, 0.1) is 4.47 Å². The van der Waals surface area contributed by atoms with Crippen molar-refractivity contribution in [1.29, 1.82) is 0 Å². The summed E-state index contributed by atoms with van der Waals surface area (Å²) in [5.41, 5.74) is 6.15. The Morgan fingerprint density at radius 2 is 1.78 bits per heavy atom. The zero-order valence-electron chi connectivity index (χ0n) is 14.4. The van der Waals surface area contributed by atoms with Crippen molar-refractivity contribution < 1.29 is 19.1 Å². The normalized spacial score (nSPS) is 15.4. The average Bonchev–Trinajstić information content (AvgIpc) is 2.96. The van der Waals surface area contributed by atoms with Gasteiger partial charge in [0.15, 0.2) is 11.5 Å². The Morgan fingerprint density at radius 1 is 1.07 bits per heavy atom. The second kappa shape index (κ2) is 6.96. The molecule has 7 nitrogen and oxygen atoms in total. The molecular formula is C19H16BrN3O4. The largest absolute Gasteiger partial charge is 0.485 e. The molecule has 0 aliphatic carbocycles. The Morgan fingerprint density at radius 3 is 2.56 bits per heavy atom. The van der Waals surface area contributed by atoms with Gasteiger partial charge in [0, 0.05) is 18.0 Å². The van der Waals surface area contributed by atoms with Crippen LogP contribution in [0.5, 0.6) is 11.5 Å². The molecule has 0 saturated heterocycles. The number of amides is 2. The quantitative estimate of drug-likeness (QED) is 0.613. The van der Waals surface area contributed by atoms with Gasteiger partial charge in [-0.1, -0.05) is 30.3 Å². The minimum Gasteiger partial charge on any atom is -0.485 e. The molecule has 27 heavy (non-hydrogen) atoms. The van der Waals surface area contributed by atoms with E-state index < -0.39 is 17.9 Å². The van der Waals surface area contributed by atoms with E-state index in [9.17, 15) is 9.59 Å². The topological polar surface area (TPSA) is 81.6 Å². The van der Waals surface area contributed by atoms with Gasteiger partial charge in [-0.25, -0.2) is 0 Å². The van der Waals surface area contributed by atoms with Crippen molar-refractivity contribution in [2.75, 3.05) is 6.61 Å². The maximum atomic E-state index is 12.6. The van der Waals surface area contributed by atoms with E-state index in [4.69, 9.17) is 9.47 Å². The monoisotopic (exact) mass is 429 g/mol. The first-order valence-electron chi connectivity index (χ1n) is 8.28. The van der Waals surface area contributed by atoms with Crippen LogP contribution in [-0.4, -0.2) is 29.1 Å². The predicted octanol–water partition coefficient (Wildman–Crippen LogP) is 2.54. The number of nitrogens with zero attached hydrogens (tertiary/aromatic N) is 1. The highest BCUT2D eigenvalue weighted by Gasteiger charge is 2.28. The number of halogens is 1. The third-order valence-electron chi connectivity index (χ3n) is 4.36. The van der Waals surface area contributed by atoms with Crippen LogP contribution in [0, 0.1) is 0 Å². The van der Waals surface area contributed by atoms with Gasteiger partial charge < -0.3 is 14.0 Å². The first-order chi connectivity index (χ1) is 13.1. The Hall–Kier alpha value is -3.00. The van der Waals surface area contributed by atoms with Gasteiger partial charge in [0.25, 0.3) is 11.8 Å². The number of carbonyl (C=O) groups is 2. The van der Waals surface area contributed by atoms with Crippen LogP contribution in [0.15, 0.2) is 53.0 Å². The predicted molar refractivity (Wildman–Crippen MR) is 103 cm³/mol. The highest BCUT2D eigenvalue weighted by molar-refractivity contribution is 9.10. The fraction of sp³-hybridized carbons (Fsp3) is 0.158. The highest BCUT2D eigenvalue weighted by atomic mass is 79.9. The molecule has 1 aliphatic heterocycles. The van der Waals surface area contributed by atoms with E-state index in [0.717, 1.165) is 10.9 Å². The number of ether oxygens (including phenoxy) is 2. The molecule has 1 unspecified atom stereocenters. The van der Waals surface area contributed by atoms with Gasteiger partial charge in [-0.3, -0.25) is 20.4 Å². The number of rotatable bonds is 2. The van der Waals surface area contributed by atoms with Crippen molar-refractivity contribution in [2.24, 2.45) is 7.05 Å². The number of fused-ring (bicyclic) bond motifs is 2. The fourth-order valence-electron chi connectivity index (χ4n) is 3.01. The van der Waals surface area contributed by atoms with Gasteiger partial charge >= 0.3 is 0 Å². The van der Waals surface area contributed by atoms with Gasteiger partial charge in [-0.05, 0) is 34.1 Å². The number of para-hydroxylation sites is 3. The summed E-state index contributed by atoms with van der Waals surface area (Å²) in [6.07, 6.45) is -0.851. The number of aromatic nitrogens is 1. The number of hydrogen-bond donors (Lipinski definition) is 2. The smallest absolute Gasteiger partial charge is 0.287 e. The maximum Gasteiger partial charge on any atom is 0.287 e. The molecule has 0 bridgehead atoms. The number of carbonyl (C=O) groups excluding carboxylic acids is 2. The molecule has 2 aromatic carbocycles. The zero-order chi connectivity index (χ0) is 19.0. The average molecular weight is 430 g/mol. The van der Waals surface area contributed by atoms with E-state index in [-0.39, 0.29) is 6.61 Å². The summed E-state index contributed by atoms with van der Waals surface area (Å²) < 4.78 is 13.6. The number of benzene rings is 2. The molecule has 0 fully saturated rings. The maximum absolute atomic E-state index is 12.6. The molecule has 8 heteroatoms. The summed E-state index contributed by atoms with van der Waals surface area (Å²) in [5.74, 6) is 0.149. The van der Waals surface area contributed by atoms with Crippen LogP contribution in [0.2, 0.25) is 0 Å². The number of nitrogens with one attached hydrogen (secondary N) is 2. The first kappa shape index (κ1) is 17.4. The van der Waals surface area contributed by atoms with Crippen molar-refractivity contribution in [3.05, 3.63) is 58.7 Å². The summed E-state index contributed by atoms with van der Waals surface area (Å²) in [4.78, 5) is 24.9. The van der Waals surface area contributed by atoms with Gasteiger partial charge in [-0.15, -0.1) is 0 Å². The molecule has 4 rings (SSSR count). The van der Waals surface area contributed by atoms with Crippen LogP contribution in [0.3, 0.4) is 0 Å². The lowest BCUT2D eigenvalue weighted by Gasteiger charge is -2.25. The van der Waals surface area contributed by atoms with Crippen LogP contribution < -0.4 is 20.3 Å². The highest BCUT2D eigenvalue weighted by Crippen LogP contribution is 2.31. The molecule has 2 heterocycles. The molecule has 1 aliphatic rings. The van der Waals surface area contributed by atoms with Crippen LogP contribution >= 0.6 is 15.9 Å². The molecule has 0 radical (unpaired) electrons. The summed E-state index contributed by atoms with van der Waals surface area (Å²) in [5, 5.41) is 0.914. The Labute approximate surface area is 163 Å². The van der Waals surface area contributed by atoms with Gasteiger partial charge in [-0.2, -0.15) is 0 Å². The van der Waals surface area contributed by atoms with E-state index >= 15 is 0 Å². The summed E-state index contributed by atoms with van der Waals surface area (Å²) in [6, 6.07) is 14.7. The van der Waals surface area contributed by atoms with Crippen molar-refractivity contribution >= 4 is 38.6 Å². The zero-order valence-corrected chi connectivity index (χ0v) is 15.9.